The molecule has 0 saturated heterocycles. The lowest BCUT2D eigenvalue weighted by atomic mass is 10.1. The highest BCUT2D eigenvalue weighted by Crippen LogP contribution is 2.32. The summed E-state index contributed by atoms with van der Waals surface area (Å²) in [5, 5.41) is 0.476. The van der Waals surface area contributed by atoms with Gasteiger partial charge in [-0.3, -0.25) is 14.7 Å². The largest absolute Gasteiger partial charge is 0.416 e. The van der Waals surface area contributed by atoms with E-state index in [1.54, 1.807) is 18.5 Å². The van der Waals surface area contributed by atoms with Crippen LogP contribution in [0.2, 0.25) is 0 Å². The summed E-state index contributed by atoms with van der Waals surface area (Å²) in [7, 11) is 0. The Labute approximate surface area is 174 Å². The second-order valence-corrected chi connectivity index (χ2v) is 7.80. The fourth-order valence-corrected chi connectivity index (χ4v) is 4.05. The van der Waals surface area contributed by atoms with Gasteiger partial charge in [0.2, 0.25) is 0 Å². The van der Waals surface area contributed by atoms with E-state index in [1.807, 2.05) is 31.2 Å². The van der Waals surface area contributed by atoms with Gasteiger partial charge in [0, 0.05) is 18.0 Å². The number of halogens is 3. The van der Waals surface area contributed by atoms with Crippen molar-refractivity contribution in [1.82, 2.24) is 9.97 Å². The summed E-state index contributed by atoms with van der Waals surface area (Å²) in [6, 6.07) is 13.6. The number of benzene rings is 2. The van der Waals surface area contributed by atoms with Crippen molar-refractivity contribution in [2.24, 2.45) is 0 Å². The Morgan fingerprint density at radius 3 is 2.53 bits per heavy atom. The minimum absolute atomic E-state index is 0.155. The number of aromatic nitrogens is 2. The fraction of sp³-hybridized carbons (Fsp3) is 0.136. The van der Waals surface area contributed by atoms with Crippen LogP contribution >= 0.6 is 11.3 Å². The first kappa shape index (κ1) is 20.0. The van der Waals surface area contributed by atoms with Crippen LogP contribution < -0.4 is 4.90 Å². The molecule has 0 saturated carbocycles. The minimum atomic E-state index is -4.46. The maximum absolute atomic E-state index is 13.2. The second kappa shape index (κ2) is 7.87. The zero-order valence-electron chi connectivity index (χ0n) is 15.8. The molecule has 0 spiro atoms. The molecular formula is C22H16F3N3OS. The first-order valence-electron chi connectivity index (χ1n) is 9.06. The summed E-state index contributed by atoms with van der Waals surface area (Å²) in [4.78, 5) is 23.4. The summed E-state index contributed by atoms with van der Waals surface area (Å²) < 4.78 is 39.5. The molecule has 2 heterocycles. The molecule has 0 bridgehead atoms. The van der Waals surface area contributed by atoms with Crippen LogP contribution in [-0.4, -0.2) is 15.9 Å². The van der Waals surface area contributed by atoms with Gasteiger partial charge in [-0.1, -0.05) is 23.5 Å². The Balaban J connectivity index is 1.73. The highest BCUT2D eigenvalue weighted by Gasteiger charge is 2.31. The molecule has 2 aromatic heterocycles. The van der Waals surface area contributed by atoms with E-state index in [-0.39, 0.29) is 12.1 Å². The van der Waals surface area contributed by atoms with Crippen LogP contribution in [0, 0.1) is 6.92 Å². The van der Waals surface area contributed by atoms with Crippen molar-refractivity contribution < 1.29 is 18.0 Å². The zero-order valence-corrected chi connectivity index (χ0v) is 16.7. The molecule has 4 aromatic rings. The fourth-order valence-electron chi connectivity index (χ4n) is 2.99. The summed E-state index contributed by atoms with van der Waals surface area (Å²) in [5.41, 5.74) is 1.98. The molecule has 0 aliphatic heterocycles. The number of hydrogen-bond acceptors (Lipinski definition) is 4. The predicted molar refractivity (Wildman–Crippen MR) is 111 cm³/mol. The molecule has 0 aliphatic carbocycles. The average molecular weight is 427 g/mol. The van der Waals surface area contributed by atoms with Gasteiger partial charge >= 0.3 is 6.18 Å². The predicted octanol–water partition coefficient (Wildman–Crippen LogP) is 5.87. The highest BCUT2D eigenvalue weighted by atomic mass is 32.1. The average Bonchev–Trinajstić information content (AvgIpc) is 3.14. The lowest BCUT2D eigenvalue weighted by molar-refractivity contribution is -0.137. The van der Waals surface area contributed by atoms with E-state index in [0.29, 0.717) is 5.13 Å². The van der Waals surface area contributed by atoms with E-state index in [4.69, 9.17) is 0 Å². The van der Waals surface area contributed by atoms with Gasteiger partial charge in [0.1, 0.15) is 0 Å². The van der Waals surface area contributed by atoms with Crippen molar-refractivity contribution in [3.8, 4) is 0 Å². The molecule has 4 rings (SSSR count). The highest BCUT2D eigenvalue weighted by molar-refractivity contribution is 7.22. The number of rotatable bonds is 4. The van der Waals surface area contributed by atoms with Crippen LogP contribution in [-0.2, 0) is 12.7 Å². The number of fused-ring (bicyclic) bond motifs is 1. The van der Waals surface area contributed by atoms with Crippen molar-refractivity contribution in [2.45, 2.75) is 19.6 Å². The molecule has 0 atom stereocenters. The molecule has 1 amide bonds. The third-order valence-corrected chi connectivity index (χ3v) is 5.57. The Hall–Kier alpha value is -3.26. The number of hydrogen-bond donors (Lipinski definition) is 0. The molecule has 0 N–H and O–H groups in total. The minimum Gasteiger partial charge on any atom is -0.279 e. The number of carbonyl (C=O) groups is 1. The molecule has 0 unspecified atom stereocenters. The monoisotopic (exact) mass is 427 g/mol. The van der Waals surface area contributed by atoms with Crippen LogP contribution in [0.4, 0.5) is 18.3 Å². The lowest BCUT2D eigenvalue weighted by Crippen LogP contribution is -2.30. The first-order chi connectivity index (χ1) is 14.3. The van der Waals surface area contributed by atoms with Crippen LogP contribution in [0.3, 0.4) is 0 Å². The van der Waals surface area contributed by atoms with Crippen LogP contribution in [0.15, 0.2) is 67.0 Å². The van der Waals surface area contributed by atoms with E-state index in [1.165, 1.54) is 28.4 Å². The van der Waals surface area contributed by atoms with E-state index < -0.39 is 17.6 Å². The molecule has 0 fully saturated rings. The number of alkyl halides is 3. The summed E-state index contributed by atoms with van der Waals surface area (Å²) in [5.74, 6) is -0.427. The van der Waals surface area contributed by atoms with Crippen LogP contribution in [0.5, 0.6) is 0 Å². The quantitative estimate of drug-likeness (QED) is 0.409. The van der Waals surface area contributed by atoms with E-state index in [9.17, 15) is 18.0 Å². The van der Waals surface area contributed by atoms with Gasteiger partial charge in [-0.2, -0.15) is 13.2 Å². The number of carbonyl (C=O) groups excluding carboxylic acids is 1. The smallest absolute Gasteiger partial charge is 0.279 e. The van der Waals surface area contributed by atoms with Gasteiger partial charge in [-0.25, -0.2) is 4.98 Å². The van der Waals surface area contributed by atoms with Gasteiger partial charge in [0.25, 0.3) is 5.91 Å². The molecule has 2 aromatic carbocycles. The number of nitrogens with zero attached hydrogens (tertiary/aromatic N) is 3. The molecular weight excluding hydrogens is 411 g/mol. The number of pyridine rings is 1. The zero-order chi connectivity index (χ0) is 21.3. The van der Waals surface area contributed by atoms with E-state index in [0.717, 1.165) is 33.5 Å². The van der Waals surface area contributed by atoms with Gasteiger partial charge in [0.15, 0.2) is 5.13 Å². The summed E-state index contributed by atoms with van der Waals surface area (Å²) >= 11 is 1.36. The number of aryl methyl sites for hydroxylation is 1. The van der Waals surface area contributed by atoms with Crippen molar-refractivity contribution in [2.75, 3.05) is 4.90 Å². The normalized spacial score (nSPS) is 11.6. The van der Waals surface area contributed by atoms with E-state index >= 15 is 0 Å². The molecule has 30 heavy (non-hydrogen) atoms. The Morgan fingerprint density at radius 1 is 1.10 bits per heavy atom. The van der Waals surface area contributed by atoms with Gasteiger partial charge in [-0.15, -0.1) is 0 Å². The van der Waals surface area contributed by atoms with Crippen molar-refractivity contribution in [1.29, 1.82) is 0 Å². The summed E-state index contributed by atoms with van der Waals surface area (Å²) in [6.07, 6.45) is -1.18. The summed E-state index contributed by atoms with van der Waals surface area (Å²) in [6.45, 7) is 2.17. The molecule has 0 radical (unpaired) electrons. The Bertz CT molecular complexity index is 1190. The Morgan fingerprint density at radius 2 is 1.87 bits per heavy atom. The number of anilines is 1. The number of amides is 1. The maximum Gasteiger partial charge on any atom is 0.416 e. The third kappa shape index (κ3) is 4.18. The van der Waals surface area contributed by atoms with Gasteiger partial charge < -0.3 is 0 Å². The van der Waals surface area contributed by atoms with E-state index in [2.05, 4.69) is 9.97 Å². The van der Waals surface area contributed by atoms with Gasteiger partial charge in [-0.05, 0) is 60.5 Å². The molecule has 152 valence electrons. The van der Waals surface area contributed by atoms with Gasteiger partial charge in [0.05, 0.1) is 22.3 Å². The first-order valence-corrected chi connectivity index (χ1v) is 9.88. The third-order valence-electron chi connectivity index (χ3n) is 4.53. The molecule has 4 nitrogen and oxygen atoms in total. The standard InChI is InChI=1S/C22H16F3N3OS/c1-14-4-9-18-19(11-14)30-21(27-18)28(13-15-3-2-10-26-12-15)20(29)16-5-7-17(8-6-16)22(23,24)25/h2-12H,13H2,1H3. The van der Waals surface area contributed by atoms with Crippen molar-refractivity contribution in [3.05, 3.63) is 89.2 Å². The SMILES string of the molecule is Cc1ccc2nc(N(Cc3cccnc3)C(=O)c3ccc(C(F)(F)F)cc3)sc2c1. The van der Waals surface area contributed by atoms with Crippen LogP contribution in [0.25, 0.3) is 10.2 Å². The van der Waals surface area contributed by atoms with Crippen molar-refractivity contribution >= 4 is 32.6 Å². The topological polar surface area (TPSA) is 46.1 Å². The molecule has 8 heteroatoms. The lowest BCUT2D eigenvalue weighted by Gasteiger charge is -2.20. The number of thiazole rings is 1. The maximum atomic E-state index is 13.2. The second-order valence-electron chi connectivity index (χ2n) is 6.80. The molecule has 0 aliphatic rings. The van der Waals surface area contributed by atoms with Crippen LogP contribution in [0.1, 0.15) is 27.0 Å². The van der Waals surface area contributed by atoms with Crippen molar-refractivity contribution in [3.63, 3.8) is 0 Å². The Kier molecular flexibility index (Phi) is 5.26.